The maximum Gasteiger partial charge on any atom is 0.221 e. The summed E-state index contributed by atoms with van der Waals surface area (Å²) in [6, 6.07) is 7.76. The third-order valence-electron chi connectivity index (χ3n) is 2.33. The molecular formula is C11H12ClNOS. The van der Waals surface area contributed by atoms with Crippen LogP contribution in [-0.4, -0.2) is 18.2 Å². The molecule has 0 aliphatic carbocycles. The first-order valence-electron chi connectivity index (χ1n) is 4.89. The number of benzene rings is 1. The minimum absolute atomic E-state index is 0.130. The molecule has 0 spiro atoms. The van der Waals surface area contributed by atoms with Crippen LogP contribution >= 0.6 is 23.4 Å². The molecular weight excluding hydrogens is 230 g/mol. The summed E-state index contributed by atoms with van der Waals surface area (Å²) < 4.78 is 0. The Morgan fingerprint density at radius 1 is 1.47 bits per heavy atom. The van der Waals surface area contributed by atoms with E-state index in [0.29, 0.717) is 6.42 Å². The Morgan fingerprint density at radius 2 is 2.33 bits per heavy atom. The van der Waals surface area contributed by atoms with Gasteiger partial charge in [-0.3, -0.25) is 4.79 Å². The average Bonchev–Trinajstić information content (AvgIpc) is 2.43. The van der Waals surface area contributed by atoms with E-state index in [2.05, 4.69) is 5.32 Å². The number of nitrogens with one attached hydrogen (secondary N) is 1. The molecule has 2 rings (SSSR count). The molecule has 15 heavy (non-hydrogen) atoms. The van der Waals surface area contributed by atoms with Gasteiger partial charge < -0.3 is 5.32 Å². The number of hydrogen-bond acceptors (Lipinski definition) is 2. The van der Waals surface area contributed by atoms with Gasteiger partial charge >= 0.3 is 0 Å². The van der Waals surface area contributed by atoms with Gasteiger partial charge in [-0.05, 0) is 17.7 Å². The Kier molecular flexibility index (Phi) is 3.54. The van der Waals surface area contributed by atoms with Crippen LogP contribution < -0.4 is 5.32 Å². The third-order valence-corrected chi connectivity index (χ3v) is 3.85. The van der Waals surface area contributed by atoms with Crippen molar-refractivity contribution in [3.05, 3.63) is 34.9 Å². The van der Waals surface area contributed by atoms with Gasteiger partial charge in [0.1, 0.15) is 0 Å². The lowest BCUT2D eigenvalue weighted by molar-refractivity contribution is -0.120. The maximum atomic E-state index is 11.4. The van der Waals surface area contributed by atoms with Gasteiger partial charge in [0.2, 0.25) is 5.91 Å². The van der Waals surface area contributed by atoms with Crippen LogP contribution in [0.2, 0.25) is 5.02 Å². The zero-order valence-corrected chi connectivity index (χ0v) is 9.77. The van der Waals surface area contributed by atoms with Gasteiger partial charge in [0.25, 0.3) is 0 Å². The number of carbonyl (C=O) groups is 1. The highest BCUT2D eigenvalue weighted by Crippen LogP contribution is 2.34. The van der Waals surface area contributed by atoms with Crippen molar-refractivity contribution in [1.82, 2.24) is 5.32 Å². The molecule has 1 fully saturated rings. The van der Waals surface area contributed by atoms with Crippen molar-refractivity contribution >= 4 is 29.3 Å². The Hall–Kier alpha value is -0.670. The molecule has 1 amide bonds. The van der Waals surface area contributed by atoms with Crippen molar-refractivity contribution in [2.75, 3.05) is 12.3 Å². The molecule has 1 aliphatic rings. The summed E-state index contributed by atoms with van der Waals surface area (Å²) in [5.41, 5.74) is 1.14. The Morgan fingerprint density at radius 3 is 3.13 bits per heavy atom. The highest BCUT2D eigenvalue weighted by Gasteiger charge is 2.19. The summed E-state index contributed by atoms with van der Waals surface area (Å²) in [6.07, 6.45) is 0.547. The molecule has 80 valence electrons. The summed E-state index contributed by atoms with van der Waals surface area (Å²) in [6.45, 7) is 0.764. The lowest BCUT2D eigenvalue weighted by Crippen LogP contribution is -2.23. The largest absolute Gasteiger partial charge is 0.355 e. The van der Waals surface area contributed by atoms with Crippen LogP contribution in [0, 0.1) is 0 Å². The van der Waals surface area contributed by atoms with Crippen LogP contribution in [0.15, 0.2) is 24.3 Å². The summed E-state index contributed by atoms with van der Waals surface area (Å²) in [5, 5.41) is 3.84. The van der Waals surface area contributed by atoms with Crippen LogP contribution in [0.5, 0.6) is 0 Å². The van der Waals surface area contributed by atoms with Gasteiger partial charge in [-0.1, -0.05) is 23.7 Å². The summed E-state index contributed by atoms with van der Waals surface area (Å²) in [5.74, 6) is 1.09. The zero-order chi connectivity index (χ0) is 10.7. The van der Waals surface area contributed by atoms with E-state index in [4.69, 9.17) is 11.6 Å². The van der Waals surface area contributed by atoms with Gasteiger partial charge in [0.15, 0.2) is 0 Å². The van der Waals surface area contributed by atoms with Crippen molar-refractivity contribution < 1.29 is 4.79 Å². The average molecular weight is 242 g/mol. The molecule has 0 radical (unpaired) electrons. The highest BCUT2D eigenvalue weighted by atomic mass is 35.5. The second kappa shape index (κ2) is 4.90. The summed E-state index contributed by atoms with van der Waals surface area (Å²) >= 11 is 7.74. The van der Waals surface area contributed by atoms with E-state index in [1.807, 2.05) is 36.0 Å². The SMILES string of the molecule is O=C1C[C@H](c2cccc(Cl)c2)SCCN1. The van der Waals surface area contributed by atoms with E-state index in [1.165, 1.54) is 0 Å². The Labute approximate surface area is 98.4 Å². The molecule has 2 nitrogen and oxygen atoms in total. The second-order valence-electron chi connectivity index (χ2n) is 3.47. The molecule has 0 aromatic heterocycles. The molecule has 4 heteroatoms. The summed E-state index contributed by atoms with van der Waals surface area (Å²) in [4.78, 5) is 11.4. The number of rotatable bonds is 1. The predicted molar refractivity (Wildman–Crippen MR) is 64.3 cm³/mol. The third kappa shape index (κ3) is 2.89. The number of hydrogen-bond donors (Lipinski definition) is 1. The topological polar surface area (TPSA) is 29.1 Å². The molecule has 1 aromatic rings. The second-order valence-corrected chi connectivity index (χ2v) is 5.22. The molecule has 1 atom stereocenters. The molecule has 1 heterocycles. The normalized spacial score (nSPS) is 21.9. The van der Waals surface area contributed by atoms with E-state index >= 15 is 0 Å². The van der Waals surface area contributed by atoms with Gasteiger partial charge in [0.05, 0.1) is 0 Å². The zero-order valence-electron chi connectivity index (χ0n) is 8.20. The van der Waals surface area contributed by atoms with E-state index in [9.17, 15) is 4.79 Å². The van der Waals surface area contributed by atoms with Crippen LogP contribution in [0.4, 0.5) is 0 Å². The quantitative estimate of drug-likeness (QED) is 0.819. The van der Waals surface area contributed by atoms with E-state index in [-0.39, 0.29) is 11.2 Å². The number of thioether (sulfide) groups is 1. The van der Waals surface area contributed by atoms with Crippen molar-refractivity contribution in [1.29, 1.82) is 0 Å². The smallest absolute Gasteiger partial charge is 0.221 e. The van der Waals surface area contributed by atoms with Crippen LogP contribution in [0.25, 0.3) is 0 Å². The van der Waals surface area contributed by atoms with E-state index in [1.54, 1.807) is 0 Å². The van der Waals surface area contributed by atoms with Crippen molar-refractivity contribution in [2.24, 2.45) is 0 Å². The van der Waals surface area contributed by atoms with Crippen LogP contribution in [-0.2, 0) is 4.79 Å². The van der Waals surface area contributed by atoms with Gasteiger partial charge in [0, 0.05) is 29.0 Å². The fourth-order valence-electron chi connectivity index (χ4n) is 1.61. The minimum Gasteiger partial charge on any atom is -0.355 e. The molecule has 1 aromatic carbocycles. The first kappa shape index (κ1) is 10.8. The minimum atomic E-state index is 0.130. The van der Waals surface area contributed by atoms with Crippen molar-refractivity contribution in [3.8, 4) is 0 Å². The van der Waals surface area contributed by atoms with Crippen molar-refractivity contribution in [3.63, 3.8) is 0 Å². The van der Waals surface area contributed by atoms with Gasteiger partial charge in [-0.15, -0.1) is 0 Å². The molecule has 0 unspecified atom stereocenters. The molecule has 0 saturated carbocycles. The van der Waals surface area contributed by atoms with Gasteiger partial charge in [-0.2, -0.15) is 11.8 Å². The monoisotopic (exact) mass is 241 g/mol. The Bertz CT molecular complexity index is 369. The van der Waals surface area contributed by atoms with E-state index in [0.717, 1.165) is 22.9 Å². The first-order valence-corrected chi connectivity index (χ1v) is 6.32. The maximum absolute atomic E-state index is 11.4. The standard InChI is InChI=1S/C11H12ClNOS/c12-9-3-1-2-8(6-9)10-7-11(14)13-4-5-15-10/h1-3,6,10H,4-5,7H2,(H,13,14)/t10-/m1/s1. The number of carbonyl (C=O) groups excluding carboxylic acids is 1. The first-order chi connectivity index (χ1) is 7.25. The Balaban J connectivity index is 2.18. The highest BCUT2D eigenvalue weighted by molar-refractivity contribution is 7.99. The predicted octanol–water partition coefficient (Wildman–Crippen LogP) is 2.63. The number of amides is 1. The summed E-state index contributed by atoms with van der Waals surface area (Å²) in [7, 11) is 0. The lowest BCUT2D eigenvalue weighted by Gasteiger charge is -2.12. The fourth-order valence-corrected chi connectivity index (χ4v) is 2.92. The van der Waals surface area contributed by atoms with E-state index < -0.39 is 0 Å². The van der Waals surface area contributed by atoms with Gasteiger partial charge in [-0.25, -0.2) is 0 Å². The van der Waals surface area contributed by atoms with Crippen molar-refractivity contribution in [2.45, 2.75) is 11.7 Å². The molecule has 0 bridgehead atoms. The lowest BCUT2D eigenvalue weighted by atomic mass is 10.1. The molecule has 1 aliphatic heterocycles. The molecule has 1 N–H and O–H groups in total. The molecule has 1 saturated heterocycles. The van der Waals surface area contributed by atoms with Crippen LogP contribution in [0.1, 0.15) is 17.2 Å². The number of halogens is 1. The van der Waals surface area contributed by atoms with Crippen LogP contribution in [0.3, 0.4) is 0 Å². The fraction of sp³-hybridized carbons (Fsp3) is 0.364.